The van der Waals surface area contributed by atoms with Crippen molar-refractivity contribution in [2.75, 3.05) is 18.5 Å². The summed E-state index contributed by atoms with van der Waals surface area (Å²) in [5.41, 5.74) is 4.71. The largest absolute Gasteiger partial charge is 0.455 e. The predicted octanol–water partition coefficient (Wildman–Crippen LogP) is 1.89. The van der Waals surface area contributed by atoms with Crippen LogP contribution in [-0.2, 0) is 19.1 Å². The third-order valence-corrected chi connectivity index (χ3v) is 5.13. The van der Waals surface area contributed by atoms with Crippen molar-refractivity contribution in [2.45, 2.75) is 20.3 Å². The van der Waals surface area contributed by atoms with E-state index in [9.17, 15) is 29.3 Å². The summed E-state index contributed by atoms with van der Waals surface area (Å²) < 4.78 is 5.06. The molecule has 11 nitrogen and oxygen atoms in total. The number of non-ortho nitro benzene ring substituents is 1. The van der Waals surface area contributed by atoms with Gasteiger partial charge in [0.25, 0.3) is 17.5 Å². The van der Waals surface area contributed by atoms with Crippen LogP contribution in [0, 0.1) is 29.9 Å². The van der Waals surface area contributed by atoms with Crippen LogP contribution in [0.5, 0.6) is 0 Å². The number of hydrogen-bond donors (Lipinski definition) is 2. The van der Waals surface area contributed by atoms with E-state index in [1.54, 1.807) is 0 Å². The Balaban J connectivity index is 1.50. The molecule has 0 unspecified atom stereocenters. The van der Waals surface area contributed by atoms with Gasteiger partial charge >= 0.3 is 5.97 Å². The summed E-state index contributed by atoms with van der Waals surface area (Å²) in [7, 11) is 0. The molecule has 1 aliphatic heterocycles. The predicted molar refractivity (Wildman–Crippen MR) is 116 cm³/mol. The molecule has 0 aromatic heterocycles. The fraction of sp³-hybridized carbons (Fsp3) is 0.273. The van der Waals surface area contributed by atoms with Crippen molar-refractivity contribution < 1.29 is 28.8 Å². The van der Waals surface area contributed by atoms with Crippen LogP contribution in [0.2, 0.25) is 0 Å². The maximum Gasteiger partial charge on any atom is 0.311 e. The summed E-state index contributed by atoms with van der Waals surface area (Å²) in [5, 5.41) is 14.4. The molecule has 11 heteroatoms. The number of aryl methyl sites for hydroxylation is 2. The van der Waals surface area contributed by atoms with E-state index in [1.807, 2.05) is 32.0 Å². The lowest BCUT2D eigenvalue weighted by atomic mass is 10.1. The number of hydrogen-bond acceptors (Lipinski definition) is 7. The van der Waals surface area contributed by atoms with Crippen molar-refractivity contribution in [3.63, 3.8) is 0 Å². The Morgan fingerprint density at radius 1 is 1.12 bits per heavy atom. The van der Waals surface area contributed by atoms with E-state index in [2.05, 4.69) is 10.7 Å². The number of amides is 3. The summed E-state index contributed by atoms with van der Waals surface area (Å²) in [4.78, 5) is 59.1. The van der Waals surface area contributed by atoms with Crippen LogP contribution in [-0.4, -0.2) is 46.8 Å². The lowest BCUT2D eigenvalue weighted by Crippen LogP contribution is -2.43. The number of nitrogens with one attached hydrogen (secondary N) is 2. The Labute approximate surface area is 188 Å². The first-order chi connectivity index (χ1) is 15.7. The standard InChI is InChI=1S/C22H22N4O7/c1-13-4-3-5-14(2)20(13)23-18(27)12-33-22(30)16-10-19(28)25(11-16)24-21(29)15-6-8-17(9-7-15)26(31)32/h3-9,16H,10-12H2,1-2H3,(H,23,27)(H,24,29)/t16-/m1/s1. The normalized spacial score (nSPS) is 15.2. The van der Waals surface area contributed by atoms with Crippen molar-refractivity contribution in [2.24, 2.45) is 5.92 Å². The smallest absolute Gasteiger partial charge is 0.311 e. The van der Waals surface area contributed by atoms with Crippen molar-refractivity contribution >= 4 is 35.1 Å². The molecule has 0 spiro atoms. The molecule has 1 atom stereocenters. The lowest BCUT2D eigenvalue weighted by Gasteiger charge is -2.17. The quantitative estimate of drug-likeness (QED) is 0.369. The number of benzene rings is 2. The van der Waals surface area contributed by atoms with E-state index >= 15 is 0 Å². The molecule has 0 bridgehead atoms. The average Bonchev–Trinajstić information content (AvgIpc) is 3.15. The van der Waals surface area contributed by atoms with E-state index in [0.29, 0.717) is 5.69 Å². The molecule has 1 aliphatic rings. The van der Waals surface area contributed by atoms with Gasteiger partial charge in [0.1, 0.15) is 0 Å². The molecule has 0 saturated carbocycles. The zero-order valence-electron chi connectivity index (χ0n) is 18.0. The van der Waals surface area contributed by atoms with Gasteiger partial charge in [-0.3, -0.25) is 39.7 Å². The molecule has 3 rings (SSSR count). The molecule has 2 N–H and O–H groups in total. The van der Waals surface area contributed by atoms with Crippen molar-refractivity contribution in [1.29, 1.82) is 0 Å². The van der Waals surface area contributed by atoms with Gasteiger partial charge in [0.05, 0.1) is 17.4 Å². The van der Waals surface area contributed by atoms with E-state index in [1.165, 1.54) is 24.3 Å². The van der Waals surface area contributed by atoms with E-state index in [4.69, 9.17) is 4.74 Å². The second-order valence-corrected chi connectivity index (χ2v) is 7.57. The number of anilines is 1. The first-order valence-electron chi connectivity index (χ1n) is 10.0. The number of hydrazine groups is 1. The second-order valence-electron chi connectivity index (χ2n) is 7.57. The Hall–Kier alpha value is -4.28. The maximum absolute atomic E-state index is 12.3. The molecule has 2 aromatic carbocycles. The third kappa shape index (κ3) is 5.70. The van der Waals surface area contributed by atoms with Gasteiger partial charge in [0, 0.05) is 29.8 Å². The number of ether oxygens (including phenoxy) is 1. The summed E-state index contributed by atoms with van der Waals surface area (Å²) >= 11 is 0. The summed E-state index contributed by atoms with van der Waals surface area (Å²) in [6.07, 6.45) is -0.183. The fourth-order valence-corrected chi connectivity index (χ4v) is 3.34. The van der Waals surface area contributed by atoms with Crippen LogP contribution in [0.3, 0.4) is 0 Å². The van der Waals surface area contributed by atoms with Crippen molar-refractivity contribution in [1.82, 2.24) is 10.4 Å². The highest BCUT2D eigenvalue weighted by molar-refractivity contribution is 5.97. The number of nitro groups is 1. The van der Waals surface area contributed by atoms with E-state index in [0.717, 1.165) is 16.1 Å². The molecule has 3 amide bonds. The molecular formula is C22H22N4O7. The second kappa shape index (κ2) is 9.90. The number of nitro benzene ring substituents is 1. The van der Waals surface area contributed by atoms with Gasteiger partial charge in [-0.05, 0) is 37.1 Å². The van der Waals surface area contributed by atoms with Gasteiger partial charge in [-0.25, -0.2) is 0 Å². The van der Waals surface area contributed by atoms with Gasteiger partial charge in [0.15, 0.2) is 6.61 Å². The monoisotopic (exact) mass is 454 g/mol. The number of para-hydroxylation sites is 1. The zero-order valence-corrected chi connectivity index (χ0v) is 18.0. The van der Waals surface area contributed by atoms with E-state index < -0.39 is 41.1 Å². The highest BCUT2D eigenvalue weighted by Crippen LogP contribution is 2.20. The van der Waals surface area contributed by atoms with Crippen molar-refractivity contribution in [3.8, 4) is 0 Å². The molecule has 1 fully saturated rings. The lowest BCUT2D eigenvalue weighted by molar-refractivity contribution is -0.384. The zero-order chi connectivity index (χ0) is 24.1. The van der Waals surface area contributed by atoms with Gasteiger partial charge < -0.3 is 10.1 Å². The molecule has 1 heterocycles. The molecule has 172 valence electrons. The van der Waals surface area contributed by atoms with Crippen LogP contribution in [0.15, 0.2) is 42.5 Å². The topological polar surface area (TPSA) is 148 Å². The molecular weight excluding hydrogens is 432 g/mol. The van der Waals surface area contributed by atoms with Gasteiger partial charge in [-0.15, -0.1) is 0 Å². The highest BCUT2D eigenvalue weighted by atomic mass is 16.6. The molecule has 0 radical (unpaired) electrons. The minimum Gasteiger partial charge on any atom is -0.455 e. The fourth-order valence-electron chi connectivity index (χ4n) is 3.34. The first-order valence-corrected chi connectivity index (χ1v) is 10.0. The average molecular weight is 454 g/mol. The minimum absolute atomic E-state index is 0.114. The summed E-state index contributed by atoms with van der Waals surface area (Å²) in [6.45, 7) is 3.07. The Kier molecular flexibility index (Phi) is 7.01. The Morgan fingerprint density at radius 3 is 2.36 bits per heavy atom. The summed E-state index contributed by atoms with van der Waals surface area (Å²) in [5.74, 6) is -3.23. The summed E-state index contributed by atoms with van der Waals surface area (Å²) in [6, 6.07) is 10.4. The van der Waals surface area contributed by atoms with Crippen LogP contribution >= 0.6 is 0 Å². The number of carbonyl (C=O) groups excluding carboxylic acids is 4. The SMILES string of the molecule is Cc1cccc(C)c1NC(=O)COC(=O)[C@@H]1CC(=O)N(NC(=O)c2ccc([N+](=O)[O-])cc2)C1. The first kappa shape index (κ1) is 23.4. The minimum atomic E-state index is -0.845. The molecule has 33 heavy (non-hydrogen) atoms. The Morgan fingerprint density at radius 2 is 1.76 bits per heavy atom. The van der Waals surface area contributed by atoms with Crippen LogP contribution in [0.4, 0.5) is 11.4 Å². The molecule has 2 aromatic rings. The maximum atomic E-state index is 12.3. The van der Waals surface area contributed by atoms with Gasteiger partial charge in [-0.2, -0.15) is 0 Å². The van der Waals surface area contributed by atoms with Gasteiger partial charge in [0.2, 0.25) is 5.91 Å². The number of rotatable bonds is 7. The van der Waals surface area contributed by atoms with Crippen LogP contribution in [0.25, 0.3) is 0 Å². The van der Waals surface area contributed by atoms with E-state index in [-0.39, 0.29) is 24.2 Å². The number of esters is 1. The number of carbonyl (C=O) groups is 4. The number of nitrogens with zero attached hydrogens (tertiary/aromatic N) is 2. The Bertz CT molecular complexity index is 1090. The molecule has 1 saturated heterocycles. The van der Waals surface area contributed by atoms with Crippen LogP contribution in [0.1, 0.15) is 27.9 Å². The van der Waals surface area contributed by atoms with Crippen LogP contribution < -0.4 is 10.7 Å². The van der Waals surface area contributed by atoms with Crippen molar-refractivity contribution in [3.05, 3.63) is 69.3 Å². The molecule has 0 aliphatic carbocycles. The highest BCUT2D eigenvalue weighted by Gasteiger charge is 2.36. The third-order valence-electron chi connectivity index (χ3n) is 5.13. The van der Waals surface area contributed by atoms with Gasteiger partial charge in [-0.1, -0.05) is 18.2 Å².